The maximum atomic E-state index is 6.84. The average molecular weight is 653 g/mol. The van der Waals surface area contributed by atoms with Crippen molar-refractivity contribution in [1.82, 2.24) is 0 Å². The van der Waals surface area contributed by atoms with Crippen LogP contribution in [-0.4, -0.2) is 81.0 Å². The summed E-state index contributed by atoms with van der Waals surface area (Å²) in [6, 6.07) is 16.6. The van der Waals surface area contributed by atoms with Crippen molar-refractivity contribution in [3.63, 3.8) is 0 Å². The molecule has 4 rings (SSSR count). The second-order valence-electron chi connectivity index (χ2n) is 13.2. The summed E-state index contributed by atoms with van der Waals surface area (Å²) < 4.78 is 49.3. The van der Waals surface area contributed by atoms with Crippen molar-refractivity contribution in [2.24, 2.45) is 0 Å². The van der Waals surface area contributed by atoms with Gasteiger partial charge in [0.15, 0.2) is 0 Å². The quantitative estimate of drug-likeness (QED) is 0.187. The van der Waals surface area contributed by atoms with Gasteiger partial charge >= 0.3 is 25.7 Å². The van der Waals surface area contributed by atoms with Crippen LogP contribution in [0.2, 0.25) is 65.5 Å². The standard InChI is InChI=1S/C28H48O8Si5/c1-37(2,27-15-11-23(12-16-27)29-19-25-21-31-25)33-39(5,6)35-41(9,10)36-40(7,8)34-38(3,4)28-17-13-24(14-18-28)30-20-26-22-32-26/h11-18,25-26H,19-22H2,1-10H3. The molecule has 0 saturated carbocycles. The van der Waals surface area contributed by atoms with Crippen LogP contribution in [0.5, 0.6) is 11.5 Å². The van der Waals surface area contributed by atoms with Crippen molar-refractivity contribution in [2.45, 2.75) is 77.7 Å². The lowest BCUT2D eigenvalue weighted by Crippen LogP contribution is -2.61. The number of benzene rings is 2. The van der Waals surface area contributed by atoms with Crippen molar-refractivity contribution in [3.8, 4) is 11.5 Å². The Morgan fingerprint density at radius 1 is 0.512 bits per heavy atom. The molecule has 0 radical (unpaired) electrons. The molecular formula is C28H48O8Si5. The molecule has 2 aromatic carbocycles. The van der Waals surface area contributed by atoms with Crippen LogP contribution in [0.15, 0.2) is 48.5 Å². The SMILES string of the molecule is C[Si](C)(O[Si](C)(C)O[Si](C)(C)c1ccc(OCC2CO2)cc1)O[Si](C)(C)O[Si](C)(C)c1ccc(OCC2CO2)cc1. The molecule has 8 nitrogen and oxygen atoms in total. The van der Waals surface area contributed by atoms with Gasteiger partial charge in [-0.2, -0.15) is 0 Å². The minimum absolute atomic E-state index is 0.244. The van der Waals surface area contributed by atoms with Crippen molar-refractivity contribution in [3.05, 3.63) is 48.5 Å². The van der Waals surface area contributed by atoms with Gasteiger partial charge in [0, 0.05) is 0 Å². The molecule has 0 aliphatic carbocycles. The van der Waals surface area contributed by atoms with E-state index < -0.39 is 42.3 Å². The van der Waals surface area contributed by atoms with E-state index in [4.69, 9.17) is 35.4 Å². The van der Waals surface area contributed by atoms with Gasteiger partial charge in [-0.15, -0.1) is 0 Å². The van der Waals surface area contributed by atoms with Gasteiger partial charge in [-0.3, -0.25) is 0 Å². The third-order valence-electron chi connectivity index (χ3n) is 6.76. The summed E-state index contributed by atoms with van der Waals surface area (Å²) in [5, 5.41) is 2.42. The van der Waals surface area contributed by atoms with Gasteiger partial charge in [-0.25, -0.2) is 0 Å². The number of hydrogen-bond donors (Lipinski definition) is 0. The van der Waals surface area contributed by atoms with Crippen LogP contribution in [-0.2, 0) is 25.9 Å². The van der Waals surface area contributed by atoms with Crippen LogP contribution in [0.3, 0.4) is 0 Å². The second kappa shape index (κ2) is 12.5. The van der Waals surface area contributed by atoms with E-state index in [1.165, 1.54) is 10.4 Å². The molecule has 2 aliphatic heterocycles. The lowest BCUT2D eigenvalue weighted by molar-refractivity contribution is 0.263. The molecule has 2 atom stereocenters. The topological polar surface area (TPSA) is 80.4 Å². The molecule has 2 heterocycles. The Morgan fingerprint density at radius 2 is 0.805 bits per heavy atom. The fourth-order valence-corrected chi connectivity index (χ4v) is 29.0. The molecule has 13 heteroatoms. The van der Waals surface area contributed by atoms with Gasteiger partial charge in [0.05, 0.1) is 13.2 Å². The second-order valence-corrected chi connectivity index (χ2v) is 32.1. The summed E-state index contributed by atoms with van der Waals surface area (Å²) in [5.74, 6) is 1.71. The number of ether oxygens (including phenoxy) is 4. The average Bonchev–Trinajstić information content (AvgIpc) is 3.74. The lowest BCUT2D eigenvalue weighted by Gasteiger charge is -2.42. The smallest absolute Gasteiger partial charge is 0.314 e. The Kier molecular flexibility index (Phi) is 9.98. The number of rotatable bonds is 16. The minimum atomic E-state index is -2.57. The molecule has 41 heavy (non-hydrogen) atoms. The first-order valence-corrected chi connectivity index (χ1v) is 28.7. The third-order valence-corrected chi connectivity index (χ3v) is 26.1. The Morgan fingerprint density at radius 3 is 1.10 bits per heavy atom. The highest BCUT2D eigenvalue weighted by Crippen LogP contribution is 2.27. The van der Waals surface area contributed by atoms with Crippen LogP contribution in [0.25, 0.3) is 0 Å². The summed E-state index contributed by atoms with van der Waals surface area (Å²) in [5.41, 5.74) is 0. The van der Waals surface area contributed by atoms with Crippen LogP contribution in [0.1, 0.15) is 0 Å². The molecule has 2 saturated heterocycles. The normalized spacial score (nSPS) is 19.7. The summed E-state index contributed by atoms with van der Waals surface area (Å²) in [6.45, 7) is 24.4. The molecule has 0 aromatic heterocycles. The lowest BCUT2D eigenvalue weighted by atomic mass is 10.3. The van der Waals surface area contributed by atoms with Gasteiger partial charge in [-0.05, 0) is 100 Å². The predicted octanol–water partition coefficient (Wildman–Crippen LogP) is 4.94. The molecule has 0 N–H and O–H groups in total. The highest BCUT2D eigenvalue weighted by molar-refractivity contribution is 6.95. The Hall–Kier alpha value is -1.12. The van der Waals surface area contributed by atoms with Crippen LogP contribution >= 0.6 is 0 Å². The fourth-order valence-electron chi connectivity index (χ4n) is 5.21. The van der Waals surface area contributed by atoms with Crippen LogP contribution < -0.4 is 19.8 Å². The van der Waals surface area contributed by atoms with E-state index in [1.807, 2.05) is 24.3 Å². The summed E-state index contributed by atoms with van der Waals surface area (Å²) in [7, 11) is -12.1. The molecule has 2 unspecified atom stereocenters. The van der Waals surface area contributed by atoms with E-state index in [-0.39, 0.29) is 12.2 Å². The fraction of sp³-hybridized carbons (Fsp3) is 0.571. The van der Waals surface area contributed by atoms with E-state index in [0.29, 0.717) is 13.2 Å². The molecule has 2 fully saturated rings. The number of epoxide rings is 2. The molecular weight excluding hydrogens is 605 g/mol. The van der Waals surface area contributed by atoms with Gasteiger partial charge in [0.25, 0.3) is 0 Å². The molecule has 228 valence electrons. The number of hydrogen-bond acceptors (Lipinski definition) is 8. The van der Waals surface area contributed by atoms with Gasteiger partial charge in [0.2, 0.25) is 16.6 Å². The van der Waals surface area contributed by atoms with Crippen molar-refractivity contribution >= 4 is 52.7 Å². The van der Waals surface area contributed by atoms with E-state index in [9.17, 15) is 0 Å². The highest BCUT2D eigenvalue weighted by atomic mass is 28.5. The van der Waals surface area contributed by atoms with Crippen LogP contribution in [0, 0.1) is 0 Å². The van der Waals surface area contributed by atoms with Crippen LogP contribution in [0.4, 0.5) is 0 Å². The van der Waals surface area contributed by atoms with E-state index in [2.05, 4.69) is 89.7 Å². The first-order valence-electron chi connectivity index (χ1n) is 14.4. The Labute approximate surface area is 251 Å². The van der Waals surface area contributed by atoms with Gasteiger partial charge in [0.1, 0.15) is 36.9 Å². The van der Waals surface area contributed by atoms with Gasteiger partial charge < -0.3 is 35.4 Å². The minimum Gasteiger partial charge on any atom is -0.491 e. The maximum absolute atomic E-state index is 6.84. The summed E-state index contributed by atoms with van der Waals surface area (Å²) >= 11 is 0. The first-order chi connectivity index (χ1) is 18.9. The third kappa shape index (κ3) is 10.5. The van der Waals surface area contributed by atoms with Gasteiger partial charge in [-0.1, -0.05) is 24.3 Å². The Bertz CT molecular complexity index is 1060. The predicted molar refractivity (Wildman–Crippen MR) is 174 cm³/mol. The van der Waals surface area contributed by atoms with Crippen molar-refractivity contribution < 1.29 is 35.4 Å². The summed E-state index contributed by atoms with van der Waals surface area (Å²) in [6.07, 6.45) is 0.488. The monoisotopic (exact) mass is 652 g/mol. The molecule has 0 amide bonds. The zero-order valence-electron chi connectivity index (χ0n) is 26.4. The molecule has 0 spiro atoms. The van der Waals surface area contributed by atoms with E-state index >= 15 is 0 Å². The zero-order chi connectivity index (χ0) is 30.1. The van der Waals surface area contributed by atoms with Crippen molar-refractivity contribution in [1.29, 1.82) is 0 Å². The first kappa shape index (κ1) is 32.8. The molecule has 2 aliphatic rings. The van der Waals surface area contributed by atoms with E-state index in [1.54, 1.807) is 0 Å². The van der Waals surface area contributed by atoms with Crippen molar-refractivity contribution in [2.75, 3.05) is 26.4 Å². The maximum Gasteiger partial charge on any atom is 0.314 e. The zero-order valence-corrected chi connectivity index (χ0v) is 31.4. The molecule has 0 bridgehead atoms. The Balaban J connectivity index is 1.32. The summed E-state index contributed by atoms with van der Waals surface area (Å²) in [4.78, 5) is 0. The largest absolute Gasteiger partial charge is 0.491 e. The highest BCUT2D eigenvalue weighted by Gasteiger charge is 2.46. The van der Waals surface area contributed by atoms with E-state index in [0.717, 1.165) is 24.7 Å². The molecule has 2 aromatic rings.